The number of aliphatic hydroxyl groups excluding tert-OH is 1. The van der Waals surface area contributed by atoms with Crippen LogP contribution in [-0.2, 0) is 4.74 Å². The molecule has 2 fully saturated rings. The van der Waals surface area contributed by atoms with Crippen LogP contribution >= 0.6 is 0 Å². The van der Waals surface area contributed by atoms with E-state index in [1.54, 1.807) is 0 Å². The van der Waals surface area contributed by atoms with Gasteiger partial charge < -0.3 is 9.84 Å². The van der Waals surface area contributed by atoms with Crippen LogP contribution in [0.5, 0.6) is 0 Å². The van der Waals surface area contributed by atoms with Gasteiger partial charge in [0.2, 0.25) is 0 Å². The lowest BCUT2D eigenvalue weighted by Crippen LogP contribution is -2.06. The smallest absolute Gasteiger partial charge is 0.0847 e. The Kier molecular flexibility index (Phi) is 1.74. The minimum Gasteiger partial charge on any atom is -0.392 e. The molecule has 0 bridgehead atoms. The van der Waals surface area contributed by atoms with E-state index in [1.807, 2.05) is 13.0 Å². The molecule has 0 radical (unpaired) electrons. The van der Waals surface area contributed by atoms with Gasteiger partial charge in [-0.3, -0.25) is 0 Å². The van der Waals surface area contributed by atoms with Crippen LogP contribution in [0, 0.1) is 5.92 Å². The quantitative estimate of drug-likeness (QED) is 0.477. The molecule has 1 aliphatic heterocycles. The highest BCUT2D eigenvalue weighted by Crippen LogP contribution is 2.44. The van der Waals surface area contributed by atoms with Gasteiger partial charge in [0.25, 0.3) is 0 Å². The van der Waals surface area contributed by atoms with Crippen molar-refractivity contribution in [2.24, 2.45) is 5.92 Å². The van der Waals surface area contributed by atoms with Gasteiger partial charge in [-0.25, -0.2) is 0 Å². The molecule has 1 aliphatic carbocycles. The van der Waals surface area contributed by atoms with Gasteiger partial charge in [0.1, 0.15) is 0 Å². The van der Waals surface area contributed by atoms with Gasteiger partial charge >= 0.3 is 0 Å². The molecule has 2 nitrogen and oxygen atoms in total. The number of epoxide rings is 1. The predicted octanol–water partition coefficient (Wildman–Crippen LogP) is 1.10. The normalized spacial score (nSPS) is 42.4. The van der Waals surface area contributed by atoms with E-state index in [0.717, 1.165) is 12.8 Å². The third kappa shape index (κ3) is 1.21. The summed E-state index contributed by atoms with van der Waals surface area (Å²) in [6, 6.07) is 0. The average molecular weight is 154 g/mol. The largest absolute Gasteiger partial charge is 0.392 e. The number of rotatable bonds is 2. The van der Waals surface area contributed by atoms with Crippen molar-refractivity contribution in [1.82, 2.24) is 0 Å². The molecule has 11 heavy (non-hydrogen) atoms. The SMILES string of the molecule is C/C=C(/CO)C1CC2OC2C1. The Morgan fingerprint density at radius 3 is 2.64 bits per heavy atom. The Morgan fingerprint density at radius 1 is 1.55 bits per heavy atom. The molecule has 2 aliphatic rings. The van der Waals surface area contributed by atoms with Crippen LogP contribution in [0.4, 0.5) is 0 Å². The molecule has 2 heteroatoms. The Labute approximate surface area is 66.9 Å². The van der Waals surface area contributed by atoms with Crippen LogP contribution in [-0.4, -0.2) is 23.9 Å². The van der Waals surface area contributed by atoms with E-state index >= 15 is 0 Å². The molecule has 2 rings (SSSR count). The summed E-state index contributed by atoms with van der Waals surface area (Å²) in [5, 5.41) is 8.98. The molecule has 0 spiro atoms. The van der Waals surface area contributed by atoms with Crippen LogP contribution in [0.1, 0.15) is 19.8 Å². The minimum absolute atomic E-state index is 0.223. The summed E-state index contributed by atoms with van der Waals surface area (Å²) in [6.45, 7) is 2.22. The first-order valence-electron chi connectivity index (χ1n) is 4.26. The fraction of sp³-hybridized carbons (Fsp3) is 0.778. The molecule has 1 N–H and O–H groups in total. The monoisotopic (exact) mass is 154 g/mol. The van der Waals surface area contributed by atoms with Gasteiger partial charge in [-0.1, -0.05) is 6.08 Å². The molecular formula is C9H14O2. The van der Waals surface area contributed by atoms with Crippen molar-refractivity contribution in [2.75, 3.05) is 6.61 Å². The Morgan fingerprint density at radius 2 is 2.18 bits per heavy atom. The standard InChI is InChI=1S/C9H14O2/c1-2-6(5-10)7-3-8-9(4-7)11-8/h2,7-10H,3-5H2,1H3/b6-2-. The Hall–Kier alpha value is -0.340. The Balaban J connectivity index is 1.95. The summed E-state index contributed by atoms with van der Waals surface area (Å²) < 4.78 is 5.31. The summed E-state index contributed by atoms with van der Waals surface area (Å²) in [5.41, 5.74) is 1.20. The lowest BCUT2D eigenvalue weighted by atomic mass is 9.97. The van der Waals surface area contributed by atoms with Gasteiger partial charge in [0.05, 0.1) is 18.8 Å². The zero-order valence-corrected chi connectivity index (χ0v) is 6.79. The molecule has 0 amide bonds. The fourth-order valence-corrected chi connectivity index (χ4v) is 2.01. The highest BCUT2D eigenvalue weighted by atomic mass is 16.6. The number of hydrogen-bond acceptors (Lipinski definition) is 2. The van der Waals surface area contributed by atoms with E-state index in [1.165, 1.54) is 5.57 Å². The second-order valence-electron chi connectivity index (χ2n) is 3.40. The van der Waals surface area contributed by atoms with Crippen LogP contribution in [0.15, 0.2) is 11.6 Å². The third-order valence-electron chi connectivity index (χ3n) is 2.80. The second kappa shape index (κ2) is 2.61. The molecule has 0 aromatic carbocycles. The third-order valence-corrected chi connectivity index (χ3v) is 2.80. The maximum atomic E-state index is 8.98. The molecule has 0 aromatic heterocycles. The number of allylic oxidation sites excluding steroid dienone is 1. The van der Waals surface area contributed by atoms with Gasteiger partial charge in [-0.2, -0.15) is 0 Å². The molecule has 0 aromatic rings. The van der Waals surface area contributed by atoms with Crippen molar-refractivity contribution >= 4 is 0 Å². The van der Waals surface area contributed by atoms with E-state index in [9.17, 15) is 0 Å². The molecule has 2 unspecified atom stereocenters. The van der Waals surface area contributed by atoms with Gasteiger partial charge in [-0.05, 0) is 31.3 Å². The summed E-state index contributed by atoms with van der Waals surface area (Å²) in [4.78, 5) is 0. The van der Waals surface area contributed by atoms with E-state index in [2.05, 4.69) is 0 Å². The van der Waals surface area contributed by atoms with Crippen molar-refractivity contribution in [1.29, 1.82) is 0 Å². The van der Waals surface area contributed by atoms with E-state index in [4.69, 9.17) is 9.84 Å². The summed E-state index contributed by atoms with van der Waals surface area (Å²) in [6.07, 6.45) is 5.36. The van der Waals surface area contributed by atoms with E-state index in [-0.39, 0.29) is 6.61 Å². The maximum Gasteiger partial charge on any atom is 0.0847 e. The van der Waals surface area contributed by atoms with Crippen LogP contribution in [0.3, 0.4) is 0 Å². The number of hydrogen-bond donors (Lipinski definition) is 1. The zero-order valence-electron chi connectivity index (χ0n) is 6.79. The van der Waals surface area contributed by atoms with Crippen LogP contribution < -0.4 is 0 Å². The highest BCUT2D eigenvalue weighted by molar-refractivity contribution is 5.13. The first-order chi connectivity index (χ1) is 5.35. The summed E-state index contributed by atoms with van der Waals surface area (Å²) >= 11 is 0. The van der Waals surface area contributed by atoms with Crippen molar-refractivity contribution in [3.05, 3.63) is 11.6 Å². The van der Waals surface area contributed by atoms with E-state index < -0.39 is 0 Å². The lowest BCUT2D eigenvalue weighted by Gasteiger charge is -2.12. The van der Waals surface area contributed by atoms with Crippen molar-refractivity contribution in [2.45, 2.75) is 32.0 Å². The molecule has 1 heterocycles. The number of fused-ring (bicyclic) bond motifs is 1. The van der Waals surface area contributed by atoms with E-state index in [0.29, 0.717) is 18.1 Å². The molecule has 1 saturated heterocycles. The van der Waals surface area contributed by atoms with Crippen LogP contribution in [0.2, 0.25) is 0 Å². The van der Waals surface area contributed by atoms with Crippen molar-refractivity contribution in [3.63, 3.8) is 0 Å². The highest BCUT2D eigenvalue weighted by Gasteiger charge is 2.48. The molecule has 2 atom stereocenters. The number of aliphatic hydroxyl groups is 1. The fourth-order valence-electron chi connectivity index (χ4n) is 2.01. The van der Waals surface area contributed by atoms with Crippen molar-refractivity contribution < 1.29 is 9.84 Å². The maximum absolute atomic E-state index is 8.98. The first kappa shape index (κ1) is 7.32. The lowest BCUT2D eigenvalue weighted by molar-refractivity contribution is 0.264. The van der Waals surface area contributed by atoms with Gasteiger partial charge in [-0.15, -0.1) is 0 Å². The van der Waals surface area contributed by atoms with Gasteiger partial charge in [0, 0.05) is 0 Å². The van der Waals surface area contributed by atoms with Crippen LogP contribution in [0.25, 0.3) is 0 Å². The second-order valence-corrected chi connectivity index (χ2v) is 3.40. The number of ether oxygens (including phenoxy) is 1. The molecule has 1 saturated carbocycles. The topological polar surface area (TPSA) is 32.8 Å². The Bertz CT molecular complexity index is 176. The van der Waals surface area contributed by atoms with Gasteiger partial charge in [0.15, 0.2) is 0 Å². The average Bonchev–Trinajstić information content (AvgIpc) is 2.62. The molecule has 62 valence electrons. The summed E-state index contributed by atoms with van der Waals surface area (Å²) in [7, 11) is 0. The van der Waals surface area contributed by atoms with Crippen molar-refractivity contribution in [3.8, 4) is 0 Å². The molecular weight excluding hydrogens is 140 g/mol. The zero-order chi connectivity index (χ0) is 7.84. The summed E-state index contributed by atoms with van der Waals surface area (Å²) in [5.74, 6) is 0.605. The predicted molar refractivity (Wildman–Crippen MR) is 42.2 cm³/mol. The minimum atomic E-state index is 0.223. The first-order valence-corrected chi connectivity index (χ1v) is 4.26.